The molecule has 1 amide bonds. The Morgan fingerprint density at radius 1 is 1.27 bits per heavy atom. The molecule has 1 aromatic carbocycles. The highest BCUT2D eigenvalue weighted by Gasteiger charge is 2.27. The molecule has 22 heavy (non-hydrogen) atoms. The molecule has 0 N–H and O–H groups in total. The number of ether oxygens (including phenoxy) is 1. The number of nitrogens with zero attached hydrogens (tertiary/aromatic N) is 1. The van der Waals surface area contributed by atoms with Crippen LogP contribution in [-0.4, -0.2) is 29.4 Å². The number of amides is 1. The smallest absolute Gasteiger partial charge is 0.410 e. The molecular formula is C18H27NO3. The van der Waals surface area contributed by atoms with Gasteiger partial charge in [-0.3, -0.25) is 0 Å². The third-order valence-electron chi connectivity index (χ3n) is 3.25. The van der Waals surface area contributed by atoms with Crippen LogP contribution in [0.5, 0.6) is 0 Å². The maximum Gasteiger partial charge on any atom is 0.410 e. The van der Waals surface area contributed by atoms with Gasteiger partial charge in [-0.15, -0.1) is 0 Å². The highest BCUT2D eigenvalue weighted by Crippen LogP contribution is 2.22. The number of rotatable bonds is 8. The van der Waals surface area contributed by atoms with Crippen LogP contribution < -0.4 is 0 Å². The minimum atomic E-state index is -0.513. The summed E-state index contributed by atoms with van der Waals surface area (Å²) in [6.07, 6.45) is 1.57. The van der Waals surface area contributed by atoms with Crippen molar-refractivity contribution in [2.45, 2.75) is 52.7 Å². The zero-order valence-corrected chi connectivity index (χ0v) is 14.0. The van der Waals surface area contributed by atoms with Gasteiger partial charge in [0.05, 0.1) is 0 Å². The topological polar surface area (TPSA) is 46.6 Å². The summed E-state index contributed by atoms with van der Waals surface area (Å²) in [5, 5.41) is 0. The number of hydrogen-bond donors (Lipinski definition) is 0. The lowest BCUT2D eigenvalue weighted by Crippen LogP contribution is -2.39. The zero-order chi connectivity index (χ0) is 16.6. The molecule has 0 heterocycles. The van der Waals surface area contributed by atoms with E-state index in [0.29, 0.717) is 25.4 Å². The fourth-order valence-corrected chi connectivity index (χ4v) is 2.57. The third-order valence-corrected chi connectivity index (χ3v) is 3.25. The first-order chi connectivity index (χ1) is 10.3. The Bertz CT molecular complexity index is 468. The average molecular weight is 305 g/mol. The van der Waals surface area contributed by atoms with Gasteiger partial charge < -0.3 is 14.4 Å². The second kappa shape index (κ2) is 8.57. The van der Waals surface area contributed by atoms with Crippen molar-refractivity contribution in [3.05, 3.63) is 35.9 Å². The Balaban J connectivity index is 2.73. The Hall–Kier alpha value is -1.84. The average Bonchev–Trinajstić information content (AvgIpc) is 2.42. The van der Waals surface area contributed by atoms with Crippen molar-refractivity contribution < 1.29 is 14.3 Å². The Kier molecular flexibility index (Phi) is 7.09. The quantitative estimate of drug-likeness (QED) is 0.681. The molecule has 0 aliphatic carbocycles. The van der Waals surface area contributed by atoms with Crippen molar-refractivity contribution in [2.24, 2.45) is 5.92 Å². The van der Waals surface area contributed by atoms with E-state index in [4.69, 9.17) is 4.74 Å². The molecule has 122 valence electrons. The minimum Gasteiger partial charge on any atom is -0.443 e. The van der Waals surface area contributed by atoms with Gasteiger partial charge in [-0.1, -0.05) is 44.2 Å². The van der Waals surface area contributed by atoms with Crippen LogP contribution in [0.1, 0.15) is 46.1 Å². The second-order valence-electron chi connectivity index (χ2n) is 6.59. The summed E-state index contributed by atoms with van der Waals surface area (Å²) in [6, 6.07) is 9.72. The van der Waals surface area contributed by atoms with Gasteiger partial charge in [-0.25, -0.2) is 4.79 Å². The summed E-state index contributed by atoms with van der Waals surface area (Å²) in [7, 11) is 0. The molecule has 0 unspecified atom stereocenters. The highest BCUT2D eigenvalue weighted by atomic mass is 16.6. The van der Waals surface area contributed by atoms with Crippen molar-refractivity contribution in [1.29, 1.82) is 0 Å². The van der Waals surface area contributed by atoms with E-state index in [9.17, 15) is 9.59 Å². The highest BCUT2D eigenvalue weighted by molar-refractivity contribution is 5.68. The Morgan fingerprint density at radius 2 is 1.91 bits per heavy atom. The van der Waals surface area contributed by atoms with Crippen LogP contribution in [0.3, 0.4) is 0 Å². The molecule has 1 aromatic rings. The fourth-order valence-electron chi connectivity index (χ4n) is 2.57. The van der Waals surface area contributed by atoms with Gasteiger partial charge in [0.1, 0.15) is 11.9 Å². The first kappa shape index (κ1) is 18.2. The zero-order valence-electron chi connectivity index (χ0n) is 14.0. The molecule has 0 atom stereocenters. The summed E-state index contributed by atoms with van der Waals surface area (Å²) in [5.41, 5.74) is 0.508. The Morgan fingerprint density at radius 3 is 2.45 bits per heavy atom. The molecule has 4 nitrogen and oxygen atoms in total. The van der Waals surface area contributed by atoms with E-state index in [2.05, 4.69) is 13.8 Å². The first-order valence-corrected chi connectivity index (χ1v) is 7.79. The molecule has 0 fully saturated rings. The number of benzene rings is 1. The lowest BCUT2D eigenvalue weighted by Gasteiger charge is -2.31. The van der Waals surface area contributed by atoms with Crippen LogP contribution >= 0.6 is 0 Å². The van der Waals surface area contributed by atoms with Gasteiger partial charge in [0, 0.05) is 19.5 Å². The van der Waals surface area contributed by atoms with Crippen LogP contribution in [0, 0.1) is 5.92 Å². The van der Waals surface area contributed by atoms with Gasteiger partial charge in [0.25, 0.3) is 0 Å². The monoisotopic (exact) mass is 305 g/mol. The van der Waals surface area contributed by atoms with Crippen LogP contribution in [0.25, 0.3) is 0 Å². The SMILES string of the molecule is CC(C)CC(C)(C)OC(=O)N(CCC=O)Cc1ccccc1. The van der Waals surface area contributed by atoms with E-state index in [0.717, 1.165) is 18.3 Å². The molecule has 1 rings (SSSR count). The lowest BCUT2D eigenvalue weighted by molar-refractivity contribution is -0.108. The van der Waals surface area contributed by atoms with E-state index in [1.54, 1.807) is 4.90 Å². The first-order valence-electron chi connectivity index (χ1n) is 7.79. The van der Waals surface area contributed by atoms with Gasteiger partial charge in [0.2, 0.25) is 0 Å². The third kappa shape index (κ3) is 6.74. The predicted molar refractivity (Wildman–Crippen MR) is 87.5 cm³/mol. The van der Waals surface area contributed by atoms with E-state index in [1.165, 1.54) is 0 Å². The number of aldehydes is 1. The summed E-state index contributed by atoms with van der Waals surface area (Å²) in [4.78, 5) is 24.7. The van der Waals surface area contributed by atoms with Gasteiger partial charge in [-0.05, 0) is 31.7 Å². The van der Waals surface area contributed by atoms with Crippen molar-refractivity contribution >= 4 is 12.4 Å². The molecule has 0 saturated carbocycles. The summed E-state index contributed by atoms with van der Waals surface area (Å²) in [5.74, 6) is 0.445. The number of hydrogen-bond acceptors (Lipinski definition) is 3. The van der Waals surface area contributed by atoms with Gasteiger partial charge in [-0.2, -0.15) is 0 Å². The minimum absolute atomic E-state index is 0.312. The molecule has 0 aliphatic heterocycles. The van der Waals surface area contributed by atoms with Crippen LogP contribution in [0.15, 0.2) is 30.3 Å². The summed E-state index contributed by atoms with van der Waals surface area (Å²) >= 11 is 0. The summed E-state index contributed by atoms with van der Waals surface area (Å²) in [6.45, 7) is 8.87. The summed E-state index contributed by atoms with van der Waals surface area (Å²) < 4.78 is 5.65. The van der Waals surface area contributed by atoms with Crippen molar-refractivity contribution in [1.82, 2.24) is 4.90 Å². The van der Waals surface area contributed by atoms with E-state index in [1.807, 2.05) is 44.2 Å². The molecule has 0 aromatic heterocycles. The van der Waals surface area contributed by atoms with E-state index in [-0.39, 0.29) is 6.09 Å². The van der Waals surface area contributed by atoms with E-state index >= 15 is 0 Å². The maximum absolute atomic E-state index is 12.4. The van der Waals surface area contributed by atoms with Crippen molar-refractivity contribution in [2.75, 3.05) is 6.54 Å². The molecule has 0 radical (unpaired) electrons. The Labute approximate surface area is 133 Å². The number of carbonyl (C=O) groups excluding carboxylic acids is 2. The van der Waals surface area contributed by atoms with Crippen LogP contribution in [-0.2, 0) is 16.1 Å². The van der Waals surface area contributed by atoms with Gasteiger partial charge >= 0.3 is 6.09 Å². The van der Waals surface area contributed by atoms with Crippen LogP contribution in [0.2, 0.25) is 0 Å². The molecular weight excluding hydrogens is 278 g/mol. The predicted octanol–water partition coefficient (Wildman–Crippen LogP) is 4.04. The van der Waals surface area contributed by atoms with Crippen molar-refractivity contribution in [3.63, 3.8) is 0 Å². The fraction of sp³-hybridized carbons (Fsp3) is 0.556. The second-order valence-corrected chi connectivity index (χ2v) is 6.59. The maximum atomic E-state index is 12.4. The largest absolute Gasteiger partial charge is 0.443 e. The van der Waals surface area contributed by atoms with Crippen molar-refractivity contribution in [3.8, 4) is 0 Å². The van der Waals surface area contributed by atoms with Crippen LogP contribution in [0.4, 0.5) is 4.79 Å². The molecule has 0 spiro atoms. The van der Waals surface area contributed by atoms with Gasteiger partial charge in [0.15, 0.2) is 0 Å². The molecule has 0 saturated heterocycles. The molecule has 0 aliphatic rings. The number of carbonyl (C=O) groups is 2. The molecule has 0 bridgehead atoms. The normalized spacial score (nSPS) is 11.3. The van der Waals surface area contributed by atoms with E-state index < -0.39 is 5.60 Å². The standard InChI is InChI=1S/C18H27NO3/c1-15(2)13-18(3,4)22-17(21)19(11-8-12-20)14-16-9-6-5-7-10-16/h5-7,9-10,12,15H,8,11,13-14H2,1-4H3. The lowest BCUT2D eigenvalue weighted by atomic mass is 9.96. The molecule has 4 heteroatoms.